The van der Waals surface area contributed by atoms with E-state index in [4.69, 9.17) is 5.11 Å². The molecule has 0 unspecified atom stereocenters. The normalized spacial score (nSPS) is 13.2. The fourth-order valence-corrected chi connectivity index (χ4v) is 16.0. The Hall–Kier alpha value is -0.626. The van der Waals surface area contributed by atoms with Crippen molar-refractivity contribution >= 4 is 28.1 Å². The minimum Gasteiger partial charge on any atom is -0.481 e. The molecule has 0 spiro atoms. The van der Waals surface area contributed by atoms with Gasteiger partial charge < -0.3 is 10.2 Å². The lowest BCUT2D eigenvalue weighted by Crippen LogP contribution is -2.58. The third-order valence-electron chi connectivity index (χ3n) is 4.87. The summed E-state index contributed by atoms with van der Waals surface area (Å²) < 4.78 is -0.485. The summed E-state index contributed by atoms with van der Waals surface area (Å²) in [5, 5.41) is 18.6. The first-order valence-electron chi connectivity index (χ1n) is 8.31. The second kappa shape index (κ2) is 8.29. The Labute approximate surface area is 137 Å². The number of hydrogen-bond donors (Lipinski definition) is 2. The molecule has 0 fully saturated rings. The summed E-state index contributed by atoms with van der Waals surface area (Å²) >= 11 is 0. The molecule has 0 saturated heterocycles. The molecule has 0 aromatic carbocycles. The molecule has 0 aliphatic heterocycles. The molecule has 6 heteroatoms. The number of hydrogen-bond acceptors (Lipinski definition) is 2. The fourth-order valence-electron chi connectivity index (χ4n) is 3.82. The van der Waals surface area contributed by atoms with E-state index in [-0.39, 0.29) is 6.42 Å². The van der Waals surface area contributed by atoms with Gasteiger partial charge in [0.1, 0.15) is 0 Å². The summed E-state index contributed by atoms with van der Waals surface area (Å²) in [6.45, 7) is 13.1. The van der Waals surface area contributed by atoms with Crippen LogP contribution in [0, 0.1) is 0 Å². The zero-order valence-corrected chi connectivity index (χ0v) is 17.2. The molecule has 0 heterocycles. The third-order valence-corrected chi connectivity index (χ3v) is 15.4. The Morgan fingerprint density at radius 1 is 0.773 bits per heavy atom. The lowest BCUT2D eigenvalue weighted by molar-refractivity contribution is -0.139. The van der Waals surface area contributed by atoms with Crippen LogP contribution in [-0.4, -0.2) is 38.3 Å². The quantitative estimate of drug-likeness (QED) is 0.414. The van der Waals surface area contributed by atoms with Crippen LogP contribution in [0.25, 0.3) is 0 Å². The fraction of sp³-hybridized carbons (Fsp3) is 0.875. The smallest absolute Gasteiger partial charge is 0.304 e. The van der Waals surface area contributed by atoms with E-state index in [0.29, 0.717) is 0 Å². The minimum atomic E-state index is -1.84. The Balaban J connectivity index is 4.64. The van der Waals surface area contributed by atoms with Crippen molar-refractivity contribution in [2.24, 2.45) is 0 Å². The highest BCUT2D eigenvalue weighted by Gasteiger charge is 2.57. The summed E-state index contributed by atoms with van der Waals surface area (Å²) in [7, 11) is -3.68. The maximum atomic E-state index is 12.2. The van der Waals surface area contributed by atoms with Crippen molar-refractivity contribution < 1.29 is 19.8 Å². The Bertz CT molecular complexity index is 367. The van der Waals surface area contributed by atoms with Crippen molar-refractivity contribution in [3.05, 3.63) is 0 Å². The van der Waals surface area contributed by atoms with Gasteiger partial charge >= 0.3 is 11.9 Å². The molecule has 0 radical (unpaired) electrons. The van der Waals surface area contributed by atoms with E-state index in [1.54, 1.807) is 0 Å². The summed E-state index contributed by atoms with van der Waals surface area (Å²) in [5.74, 6) is -1.32. The summed E-state index contributed by atoms with van der Waals surface area (Å²) in [5.41, 5.74) is 0. The highest BCUT2D eigenvalue weighted by Crippen LogP contribution is 2.51. The van der Waals surface area contributed by atoms with Crippen LogP contribution in [0.2, 0.25) is 43.9 Å². The van der Waals surface area contributed by atoms with Gasteiger partial charge in [-0.3, -0.25) is 9.59 Å². The number of carboxylic acids is 2. The largest absolute Gasteiger partial charge is 0.481 e. The van der Waals surface area contributed by atoms with E-state index in [9.17, 15) is 14.7 Å². The minimum absolute atomic E-state index is 0.239. The molecule has 0 amide bonds. The molecule has 2 N–H and O–H groups in total. The van der Waals surface area contributed by atoms with Crippen molar-refractivity contribution in [2.45, 2.75) is 88.9 Å². The average molecular weight is 347 g/mol. The number of carbonyl (C=O) groups is 2. The first-order valence-corrected chi connectivity index (χ1v) is 15.3. The van der Waals surface area contributed by atoms with E-state index in [1.165, 1.54) is 0 Å². The lowest BCUT2D eigenvalue weighted by atomic mass is 10.1. The van der Waals surface area contributed by atoms with E-state index < -0.39 is 32.7 Å². The van der Waals surface area contributed by atoms with Gasteiger partial charge in [-0.15, -0.1) is 0 Å². The van der Waals surface area contributed by atoms with Crippen molar-refractivity contribution in [3.63, 3.8) is 0 Å². The van der Waals surface area contributed by atoms with Crippen LogP contribution in [0.3, 0.4) is 0 Å². The monoisotopic (exact) mass is 346 g/mol. The van der Waals surface area contributed by atoms with Gasteiger partial charge in [-0.1, -0.05) is 65.0 Å². The van der Waals surface area contributed by atoms with Gasteiger partial charge in [0.05, 0.1) is 20.8 Å². The zero-order valence-electron chi connectivity index (χ0n) is 15.2. The molecule has 0 atom stereocenters. The second-order valence-corrected chi connectivity index (χ2v) is 19.6. The first kappa shape index (κ1) is 21.4. The molecule has 0 aromatic heterocycles. The van der Waals surface area contributed by atoms with E-state index >= 15 is 0 Å². The average Bonchev–Trinajstić information content (AvgIpc) is 2.28. The zero-order chi connectivity index (χ0) is 17.6. The van der Waals surface area contributed by atoms with Gasteiger partial charge in [-0.2, -0.15) is 0 Å². The molecule has 0 saturated carbocycles. The van der Waals surface area contributed by atoms with Crippen LogP contribution in [0.5, 0.6) is 0 Å². The van der Waals surface area contributed by atoms with Crippen LogP contribution in [-0.2, 0) is 9.59 Å². The highest BCUT2D eigenvalue weighted by molar-refractivity contribution is 7.02. The second-order valence-electron chi connectivity index (χ2n) is 8.37. The molecule has 0 aromatic rings. The lowest BCUT2D eigenvalue weighted by Gasteiger charge is -2.48. The van der Waals surface area contributed by atoms with Crippen molar-refractivity contribution in [2.75, 3.05) is 0 Å². The van der Waals surface area contributed by atoms with Crippen LogP contribution >= 0.6 is 0 Å². The summed E-state index contributed by atoms with van der Waals surface area (Å²) in [4.78, 5) is 22.6. The Morgan fingerprint density at radius 3 is 1.55 bits per heavy atom. The molecular weight excluding hydrogens is 312 g/mol. The molecule has 0 aliphatic carbocycles. The molecular formula is C16H34O4Si2. The maximum absolute atomic E-state index is 12.2. The summed E-state index contributed by atoms with van der Waals surface area (Å²) in [6.07, 6.45) is 5.61. The molecule has 22 heavy (non-hydrogen) atoms. The van der Waals surface area contributed by atoms with Gasteiger partial charge in [0.25, 0.3) is 0 Å². The van der Waals surface area contributed by atoms with Crippen molar-refractivity contribution in [3.8, 4) is 0 Å². The number of aliphatic carboxylic acids is 2. The van der Waals surface area contributed by atoms with Crippen molar-refractivity contribution in [1.29, 1.82) is 0 Å². The van der Waals surface area contributed by atoms with E-state index in [0.717, 1.165) is 38.5 Å². The predicted molar refractivity (Wildman–Crippen MR) is 97.0 cm³/mol. The Kier molecular flexibility index (Phi) is 8.05. The van der Waals surface area contributed by atoms with E-state index in [2.05, 4.69) is 39.3 Å². The van der Waals surface area contributed by atoms with Crippen LogP contribution in [0.1, 0.15) is 44.9 Å². The van der Waals surface area contributed by atoms with Crippen LogP contribution < -0.4 is 0 Å². The van der Waals surface area contributed by atoms with Crippen LogP contribution in [0.15, 0.2) is 0 Å². The molecule has 4 nitrogen and oxygen atoms in total. The van der Waals surface area contributed by atoms with Gasteiger partial charge in [0, 0.05) is 6.42 Å². The Morgan fingerprint density at radius 2 is 1.18 bits per heavy atom. The van der Waals surface area contributed by atoms with Gasteiger partial charge in [0.2, 0.25) is 0 Å². The third kappa shape index (κ3) is 5.54. The number of rotatable bonds is 11. The van der Waals surface area contributed by atoms with Crippen molar-refractivity contribution in [1.82, 2.24) is 0 Å². The van der Waals surface area contributed by atoms with Gasteiger partial charge in [-0.25, -0.2) is 0 Å². The molecule has 0 bridgehead atoms. The molecule has 130 valence electrons. The summed E-state index contributed by atoms with van der Waals surface area (Å²) in [6, 6.07) is 0. The standard InChI is InChI=1S/C16H34O4Si2/c1-21(2,3)16(15(19)20,22(4,5)6)13-11-9-7-8-10-12-14(17)18/h7-13H2,1-6H3,(H,17,18)(H,19,20). The highest BCUT2D eigenvalue weighted by atomic mass is 28.4. The maximum Gasteiger partial charge on any atom is 0.304 e. The van der Waals surface area contributed by atoms with Gasteiger partial charge in [0.15, 0.2) is 0 Å². The number of carboxylic acid groups (broad SMARTS) is 2. The first-order chi connectivity index (χ1) is 9.86. The topological polar surface area (TPSA) is 74.6 Å². The van der Waals surface area contributed by atoms with Crippen LogP contribution in [0.4, 0.5) is 0 Å². The molecule has 0 rings (SSSR count). The number of unbranched alkanes of at least 4 members (excludes halogenated alkanes) is 4. The van der Waals surface area contributed by atoms with Gasteiger partial charge in [-0.05, 0) is 12.8 Å². The SMILES string of the molecule is C[Si](C)(C)C(CCCCCCCC(=O)O)(C(=O)O)[Si](C)(C)C. The van der Waals surface area contributed by atoms with E-state index in [1.807, 2.05) is 0 Å². The molecule has 0 aliphatic rings. The predicted octanol–water partition coefficient (Wildman–Crippen LogP) is 4.84.